The zero-order chi connectivity index (χ0) is 14.8. The third-order valence-corrected chi connectivity index (χ3v) is 4.81. The van der Waals surface area contributed by atoms with Crippen LogP contribution in [0.5, 0.6) is 0 Å². The maximum Gasteiger partial charge on any atom is 0.225 e. The van der Waals surface area contributed by atoms with Crippen molar-refractivity contribution in [3.8, 4) is 0 Å². The van der Waals surface area contributed by atoms with E-state index < -0.39 is 0 Å². The van der Waals surface area contributed by atoms with Gasteiger partial charge in [0.15, 0.2) is 0 Å². The molecular formula is C15H19N3O2S. The van der Waals surface area contributed by atoms with Crippen LogP contribution in [-0.2, 0) is 18.3 Å². The molecule has 1 fully saturated rings. The second kappa shape index (κ2) is 5.99. The van der Waals surface area contributed by atoms with Gasteiger partial charge in [-0.25, -0.2) is 0 Å². The van der Waals surface area contributed by atoms with Gasteiger partial charge in [-0.05, 0) is 30.2 Å². The Morgan fingerprint density at radius 1 is 1.62 bits per heavy atom. The molecule has 112 valence electrons. The Bertz CT molecular complexity index is 602. The zero-order valence-corrected chi connectivity index (χ0v) is 12.7. The number of nitrogens with zero attached hydrogens (tertiary/aromatic N) is 2. The SMILES string of the molecule is Cn1cc([C@@H](NC(=O)Cc2cccs2)C2CC(O)C2)cn1. The minimum Gasteiger partial charge on any atom is -0.393 e. The Morgan fingerprint density at radius 2 is 2.43 bits per heavy atom. The van der Waals surface area contributed by atoms with Crippen LogP contribution in [0.1, 0.15) is 29.3 Å². The van der Waals surface area contributed by atoms with Gasteiger partial charge in [-0.1, -0.05) is 6.07 Å². The van der Waals surface area contributed by atoms with Gasteiger partial charge in [0, 0.05) is 23.7 Å². The van der Waals surface area contributed by atoms with Crippen LogP contribution in [0.15, 0.2) is 29.9 Å². The molecule has 0 bridgehead atoms. The number of aliphatic hydroxyl groups excluding tert-OH is 1. The Labute approximate surface area is 127 Å². The number of aliphatic hydroxyl groups is 1. The van der Waals surface area contributed by atoms with Gasteiger partial charge in [0.1, 0.15) is 0 Å². The number of rotatable bonds is 5. The van der Waals surface area contributed by atoms with Crippen molar-refractivity contribution in [3.63, 3.8) is 0 Å². The van der Waals surface area contributed by atoms with Gasteiger partial charge >= 0.3 is 0 Å². The third kappa shape index (κ3) is 3.33. The highest BCUT2D eigenvalue weighted by Crippen LogP contribution is 2.38. The van der Waals surface area contributed by atoms with E-state index in [-0.39, 0.29) is 24.0 Å². The number of nitrogens with one attached hydrogen (secondary N) is 1. The van der Waals surface area contributed by atoms with Crippen LogP contribution < -0.4 is 5.32 Å². The summed E-state index contributed by atoms with van der Waals surface area (Å²) in [5.74, 6) is 0.309. The molecule has 5 nitrogen and oxygen atoms in total. The first kappa shape index (κ1) is 14.3. The number of aryl methyl sites for hydroxylation is 1. The lowest BCUT2D eigenvalue weighted by molar-refractivity contribution is -0.122. The fourth-order valence-corrected chi connectivity index (χ4v) is 3.48. The summed E-state index contributed by atoms with van der Waals surface area (Å²) in [6.45, 7) is 0. The molecule has 6 heteroatoms. The molecule has 0 spiro atoms. The average molecular weight is 305 g/mol. The van der Waals surface area contributed by atoms with Crippen LogP contribution in [0.2, 0.25) is 0 Å². The van der Waals surface area contributed by atoms with Crippen LogP contribution in [0.3, 0.4) is 0 Å². The highest BCUT2D eigenvalue weighted by atomic mass is 32.1. The van der Waals surface area contributed by atoms with Gasteiger partial charge in [0.2, 0.25) is 5.91 Å². The number of carbonyl (C=O) groups is 1. The summed E-state index contributed by atoms with van der Waals surface area (Å²) in [5, 5.41) is 18.8. The van der Waals surface area contributed by atoms with Gasteiger partial charge in [-0.15, -0.1) is 11.3 Å². The lowest BCUT2D eigenvalue weighted by Crippen LogP contribution is -2.41. The third-order valence-electron chi connectivity index (χ3n) is 3.94. The average Bonchev–Trinajstić information content (AvgIpc) is 3.04. The van der Waals surface area contributed by atoms with Crippen molar-refractivity contribution < 1.29 is 9.90 Å². The zero-order valence-electron chi connectivity index (χ0n) is 11.9. The van der Waals surface area contributed by atoms with Gasteiger partial charge in [-0.3, -0.25) is 9.48 Å². The standard InChI is InChI=1S/C15H19N3O2S/c1-18-9-11(8-16-18)15(10-5-12(19)6-10)17-14(20)7-13-3-2-4-21-13/h2-4,8-10,12,15,19H,5-7H2,1H3,(H,17,20)/t10?,12?,15-/m0/s1. The predicted molar refractivity (Wildman–Crippen MR) is 80.8 cm³/mol. The van der Waals surface area contributed by atoms with E-state index in [0.29, 0.717) is 6.42 Å². The van der Waals surface area contributed by atoms with Gasteiger partial charge in [0.25, 0.3) is 0 Å². The highest BCUT2D eigenvalue weighted by molar-refractivity contribution is 7.10. The molecule has 1 saturated carbocycles. The number of hydrogen-bond acceptors (Lipinski definition) is 4. The molecule has 0 aliphatic heterocycles. The highest BCUT2D eigenvalue weighted by Gasteiger charge is 2.36. The topological polar surface area (TPSA) is 67.2 Å². The largest absolute Gasteiger partial charge is 0.393 e. The van der Waals surface area contributed by atoms with Gasteiger partial charge in [0.05, 0.1) is 24.8 Å². The maximum atomic E-state index is 12.2. The molecule has 2 aromatic heterocycles. The number of hydrogen-bond donors (Lipinski definition) is 2. The molecule has 2 N–H and O–H groups in total. The summed E-state index contributed by atoms with van der Waals surface area (Å²) in [7, 11) is 1.86. The van der Waals surface area contributed by atoms with E-state index >= 15 is 0 Å². The lowest BCUT2D eigenvalue weighted by Gasteiger charge is -2.37. The lowest BCUT2D eigenvalue weighted by atomic mass is 9.75. The van der Waals surface area contributed by atoms with Crippen molar-refractivity contribution in [2.45, 2.75) is 31.4 Å². The molecule has 1 atom stereocenters. The molecule has 3 rings (SSSR count). The van der Waals surface area contributed by atoms with Crippen molar-refractivity contribution in [1.82, 2.24) is 15.1 Å². The first-order chi connectivity index (χ1) is 10.1. The smallest absolute Gasteiger partial charge is 0.225 e. The quantitative estimate of drug-likeness (QED) is 0.882. The van der Waals surface area contributed by atoms with Crippen LogP contribution in [0, 0.1) is 5.92 Å². The van der Waals surface area contributed by atoms with E-state index in [4.69, 9.17) is 0 Å². The Kier molecular flexibility index (Phi) is 4.07. The van der Waals surface area contributed by atoms with Gasteiger partial charge < -0.3 is 10.4 Å². The summed E-state index contributed by atoms with van der Waals surface area (Å²) >= 11 is 1.59. The minimum atomic E-state index is -0.233. The number of amides is 1. The normalized spacial score (nSPS) is 22.6. The van der Waals surface area contributed by atoms with E-state index in [1.165, 1.54) is 0 Å². The van der Waals surface area contributed by atoms with E-state index in [0.717, 1.165) is 23.3 Å². The number of aromatic nitrogens is 2. The molecule has 1 aliphatic carbocycles. The summed E-state index contributed by atoms with van der Waals surface area (Å²) in [6, 6.07) is 3.86. The summed E-state index contributed by atoms with van der Waals surface area (Å²) in [6.07, 6.45) is 5.37. The molecule has 21 heavy (non-hydrogen) atoms. The molecule has 1 amide bonds. The summed E-state index contributed by atoms with van der Waals surface area (Å²) < 4.78 is 1.74. The second-order valence-electron chi connectivity index (χ2n) is 5.63. The van der Waals surface area contributed by atoms with Crippen molar-refractivity contribution >= 4 is 17.2 Å². The summed E-state index contributed by atoms with van der Waals surface area (Å²) in [5.41, 5.74) is 1.01. The Balaban J connectivity index is 1.68. The maximum absolute atomic E-state index is 12.2. The predicted octanol–water partition coefficient (Wildman–Crippen LogP) is 1.65. The second-order valence-corrected chi connectivity index (χ2v) is 6.67. The molecule has 2 heterocycles. The van der Waals surface area contributed by atoms with Crippen molar-refractivity contribution in [1.29, 1.82) is 0 Å². The molecule has 0 saturated heterocycles. The van der Waals surface area contributed by atoms with Gasteiger partial charge in [-0.2, -0.15) is 5.10 Å². The van der Waals surface area contributed by atoms with Crippen LogP contribution in [0.25, 0.3) is 0 Å². The molecular weight excluding hydrogens is 286 g/mol. The first-order valence-electron chi connectivity index (χ1n) is 7.10. The number of carbonyl (C=O) groups excluding carboxylic acids is 1. The molecule has 0 unspecified atom stereocenters. The van der Waals surface area contributed by atoms with E-state index in [1.807, 2.05) is 30.8 Å². The monoisotopic (exact) mass is 305 g/mol. The van der Waals surface area contributed by atoms with Crippen molar-refractivity contribution in [2.75, 3.05) is 0 Å². The molecule has 0 aromatic carbocycles. The number of thiophene rings is 1. The van der Waals surface area contributed by atoms with E-state index in [1.54, 1.807) is 22.2 Å². The fraction of sp³-hybridized carbons (Fsp3) is 0.467. The minimum absolute atomic E-state index is 0.0210. The Morgan fingerprint density at radius 3 is 3.00 bits per heavy atom. The molecule has 1 aliphatic rings. The Hall–Kier alpha value is -1.66. The van der Waals surface area contributed by atoms with Crippen LogP contribution >= 0.6 is 11.3 Å². The summed E-state index contributed by atoms with van der Waals surface area (Å²) in [4.78, 5) is 13.3. The van der Waals surface area contributed by atoms with Crippen LogP contribution in [0.4, 0.5) is 0 Å². The van der Waals surface area contributed by atoms with Crippen molar-refractivity contribution in [3.05, 3.63) is 40.3 Å². The van der Waals surface area contributed by atoms with E-state index in [9.17, 15) is 9.90 Å². The van der Waals surface area contributed by atoms with Crippen LogP contribution in [-0.4, -0.2) is 26.9 Å². The molecule has 0 radical (unpaired) electrons. The van der Waals surface area contributed by atoms with E-state index in [2.05, 4.69) is 10.4 Å². The van der Waals surface area contributed by atoms with Crippen molar-refractivity contribution in [2.24, 2.45) is 13.0 Å². The fourth-order valence-electron chi connectivity index (χ4n) is 2.77. The first-order valence-corrected chi connectivity index (χ1v) is 7.98. The molecule has 2 aromatic rings.